The van der Waals surface area contributed by atoms with Crippen LogP contribution in [-0.4, -0.2) is 42.0 Å². The fraction of sp³-hybridized carbons (Fsp3) is 0.600. The number of benzene rings is 1. The van der Waals surface area contributed by atoms with Gasteiger partial charge in [-0.15, -0.1) is 4.13 Å². The quantitative estimate of drug-likeness (QED) is 0.294. The first-order chi connectivity index (χ1) is 14.5. The molecule has 0 aliphatic heterocycles. The molecule has 184 valence electrons. The summed E-state index contributed by atoms with van der Waals surface area (Å²) in [5.41, 5.74) is 0.695. The average Bonchev–Trinajstić information content (AvgIpc) is 2.67. The van der Waals surface area contributed by atoms with Gasteiger partial charge in [0, 0.05) is 11.3 Å². The molecule has 8 nitrogen and oxygen atoms in total. The third kappa shape index (κ3) is 4.90. The van der Waals surface area contributed by atoms with Crippen molar-refractivity contribution in [3.8, 4) is 5.75 Å². The lowest BCUT2D eigenvalue weighted by molar-refractivity contribution is -0.245. The van der Waals surface area contributed by atoms with Crippen molar-refractivity contribution in [3.63, 3.8) is 0 Å². The van der Waals surface area contributed by atoms with Crippen molar-refractivity contribution in [1.82, 2.24) is 4.13 Å². The number of hydrogen-bond donors (Lipinski definition) is 1. The molecule has 0 radical (unpaired) electrons. The Kier molecular flexibility index (Phi) is 7.61. The number of rotatable bonds is 9. The van der Waals surface area contributed by atoms with Crippen molar-refractivity contribution >= 4 is 31.4 Å². The van der Waals surface area contributed by atoms with Crippen LogP contribution in [0, 0.1) is 0 Å². The van der Waals surface area contributed by atoms with Crippen molar-refractivity contribution in [2.45, 2.75) is 54.5 Å². The lowest BCUT2D eigenvalue weighted by atomic mass is 9.84. The molecule has 2 rings (SSSR count). The van der Waals surface area contributed by atoms with Gasteiger partial charge < -0.3 is 8.74 Å². The molecule has 1 atom stereocenters. The maximum absolute atomic E-state index is 14.0. The summed E-state index contributed by atoms with van der Waals surface area (Å²) in [5, 5.41) is -13.7. The van der Waals surface area contributed by atoms with Crippen molar-refractivity contribution in [2.24, 2.45) is 0 Å². The lowest BCUT2D eigenvalue weighted by Gasteiger charge is -2.31. The Morgan fingerprint density at radius 3 is 1.88 bits per heavy atom. The molecular formula is C15H16F6NO7S3-. The molecule has 0 spiro atoms. The third-order valence-electron chi connectivity index (χ3n) is 4.72. The van der Waals surface area contributed by atoms with Gasteiger partial charge in [0.05, 0.1) is 0 Å². The molecule has 1 aromatic rings. The van der Waals surface area contributed by atoms with E-state index in [-0.39, 0.29) is 10.0 Å². The Hall–Kier alpha value is -1.43. The molecule has 1 fully saturated rings. The second-order valence-corrected chi connectivity index (χ2v) is 11.1. The molecule has 1 N–H and O–H groups in total. The summed E-state index contributed by atoms with van der Waals surface area (Å²) < 4.78 is 153. The summed E-state index contributed by atoms with van der Waals surface area (Å²) in [4.78, 5) is 0. The summed E-state index contributed by atoms with van der Waals surface area (Å²) in [7, 11) is -13.9. The highest BCUT2D eigenvalue weighted by Crippen LogP contribution is 2.51. The van der Waals surface area contributed by atoms with E-state index in [1.54, 1.807) is 0 Å². The Bertz CT molecular complexity index is 1060. The average molecular weight is 532 g/mol. The molecule has 1 aliphatic rings. The van der Waals surface area contributed by atoms with E-state index in [2.05, 4.69) is 4.18 Å². The van der Waals surface area contributed by atoms with E-state index < -0.39 is 53.6 Å². The van der Waals surface area contributed by atoms with E-state index in [0.29, 0.717) is 5.56 Å². The molecule has 1 saturated carbocycles. The summed E-state index contributed by atoms with van der Waals surface area (Å²) in [6.07, 6.45) is 4.53. The summed E-state index contributed by atoms with van der Waals surface area (Å²) in [6.45, 7) is 0. The van der Waals surface area contributed by atoms with Gasteiger partial charge in [-0.25, -0.2) is 8.42 Å². The number of alkyl halides is 6. The standard InChI is InChI=1S/C15H17F6NO7S3/c16-13(17,14(18,19)31(25,26)22-30(23)24)15(20,21)32(27,28)29-12-8-6-11(7-9-12)10-4-2-1-3-5-10/h6-10,22H,1-5H2,(H,23,24)/p-1. The fourth-order valence-electron chi connectivity index (χ4n) is 3.05. The number of halogens is 6. The largest absolute Gasteiger partial charge is 0.759 e. The second kappa shape index (κ2) is 9.08. The van der Waals surface area contributed by atoms with Gasteiger partial charge in [-0.3, -0.25) is 4.21 Å². The first-order valence-corrected chi connectivity index (χ1v) is 12.7. The molecule has 17 heteroatoms. The minimum Gasteiger partial charge on any atom is -0.759 e. The first kappa shape index (κ1) is 26.8. The number of nitrogens with one attached hydrogen (secondary N) is 1. The smallest absolute Gasteiger partial charge is 0.450 e. The first-order valence-electron chi connectivity index (χ1n) is 8.75. The maximum Gasteiger partial charge on any atom is 0.450 e. The number of sulfonamides is 1. The third-order valence-corrected chi connectivity index (χ3v) is 8.37. The van der Waals surface area contributed by atoms with Crippen LogP contribution in [0.3, 0.4) is 0 Å². The minimum absolute atomic E-state index is 0.0340. The molecule has 1 unspecified atom stereocenters. The van der Waals surface area contributed by atoms with Crippen LogP contribution in [-0.2, 0) is 31.4 Å². The van der Waals surface area contributed by atoms with Crippen LogP contribution >= 0.6 is 0 Å². The van der Waals surface area contributed by atoms with Crippen LogP contribution in [0.25, 0.3) is 0 Å². The molecule has 0 saturated heterocycles. The van der Waals surface area contributed by atoms with E-state index in [1.807, 2.05) is 0 Å². The second-order valence-electron chi connectivity index (χ2n) is 6.87. The van der Waals surface area contributed by atoms with Gasteiger partial charge in [-0.05, 0) is 36.5 Å². The van der Waals surface area contributed by atoms with Gasteiger partial charge in [0.1, 0.15) is 5.75 Å². The van der Waals surface area contributed by atoms with Gasteiger partial charge in [0.15, 0.2) is 0 Å². The Morgan fingerprint density at radius 1 is 0.906 bits per heavy atom. The molecule has 0 amide bonds. The van der Waals surface area contributed by atoms with Gasteiger partial charge >= 0.3 is 26.5 Å². The zero-order valence-electron chi connectivity index (χ0n) is 15.8. The summed E-state index contributed by atoms with van der Waals surface area (Å²) >= 11 is -4.13. The van der Waals surface area contributed by atoms with Crippen LogP contribution in [0.1, 0.15) is 43.6 Å². The molecule has 32 heavy (non-hydrogen) atoms. The van der Waals surface area contributed by atoms with Crippen LogP contribution < -0.4 is 8.31 Å². The van der Waals surface area contributed by atoms with E-state index in [4.69, 9.17) is 0 Å². The van der Waals surface area contributed by atoms with Gasteiger partial charge in [0.2, 0.25) is 0 Å². The van der Waals surface area contributed by atoms with Crippen LogP contribution in [0.4, 0.5) is 26.3 Å². The summed E-state index contributed by atoms with van der Waals surface area (Å²) in [5.74, 6) is -7.94. The van der Waals surface area contributed by atoms with Gasteiger partial charge in [0.25, 0.3) is 10.0 Å². The van der Waals surface area contributed by atoms with Crippen molar-refractivity contribution in [1.29, 1.82) is 0 Å². The molecule has 1 aliphatic carbocycles. The van der Waals surface area contributed by atoms with Gasteiger partial charge in [-0.2, -0.15) is 34.8 Å². The Labute approximate surface area is 181 Å². The van der Waals surface area contributed by atoms with E-state index in [9.17, 15) is 51.9 Å². The topological polar surface area (TPSA) is 130 Å². The number of hydrogen-bond acceptors (Lipinski definition) is 7. The Balaban J connectivity index is 2.32. The monoisotopic (exact) mass is 532 g/mol. The van der Waals surface area contributed by atoms with Gasteiger partial charge in [-0.1, -0.05) is 31.4 Å². The van der Waals surface area contributed by atoms with Crippen molar-refractivity contribution in [2.75, 3.05) is 0 Å². The molecule has 0 heterocycles. The van der Waals surface area contributed by atoms with E-state index in [0.717, 1.165) is 44.2 Å². The fourth-order valence-corrected chi connectivity index (χ4v) is 5.62. The summed E-state index contributed by atoms with van der Waals surface area (Å²) in [6, 6.07) is 4.30. The van der Waals surface area contributed by atoms with Crippen molar-refractivity contribution in [3.05, 3.63) is 29.8 Å². The highest BCUT2D eigenvalue weighted by Gasteiger charge is 2.83. The van der Waals surface area contributed by atoms with Crippen LogP contribution in [0.15, 0.2) is 24.3 Å². The lowest BCUT2D eigenvalue weighted by Crippen LogP contribution is -2.63. The zero-order chi connectivity index (χ0) is 24.6. The van der Waals surface area contributed by atoms with E-state index >= 15 is 0 Å². The maximum atomic E-state index is 14.0. The highest BCUT2D eigenvalue weighted by molar-refractivity contribution is 8.00. The molecule has 1 aromatic carbocycles. The minimum atomic E-state index is -7.13. The highest BCUT2D eigenvalue weighted by atomic mass is 32.3. The van der Waals surface area contributed by atoms with Crippen LogP contribution in [0.2, 0.25) is 0 Å². The predicted octanol–water partition coefficient (Wildman–Crippen LogP) is 2.98. The zero-order valence-corrected chi connectivity index (χ0v) is 18.2. The molecule has 0 bridgehead atoms. The molecular weight excluding hydrogens is 516 g/mol. The normalized spacial score (nSPS) is 18.3. The molecule has 0 aromatic heterocycles. The van der Waals surface area contributed by atoms with Crippen LogP contribution in [0.5, 0.6) is 5.75 Å². The van der Waals surface area contributed by atoms with E-state index in [1.165, 1.54) is 12.1 Å². The Morgan fingerprint density at radius 2 is 1.41 bits per heavy atom. The SMILES string of the molecule is O=S([O-])NS(=O)(=O)C(F)(F)C(F)(F)C(F)(F)S(=O)(=O)Oc1ccc(C2CCCCC2)cc1. The predicted molar refractivity (Wildman–Crippen MR) is 97.6 cm³/mol. The van der Waals surface area contributed by atoms with Crippen molar-refractivity contribution < 1.29 is 56.1 Å².